The second-order valence-corrected chi connectivity index (χ2v) is 7.74. The maximum absolute atomic E-state index is 12.1. The maximum atomic E-state index is 12.1. The van der Waals surface area contributed by atoms with E-state index in [4.69, 9.17) is 15.2 Å². The first-order valence-electron chi connectivity index (χ1n) is 8.37. The predicted molar refractivity (Wildman–Crippen MR) is 104 cm³/mol. The third-order valence-electron chi connectivity index (χ3n) is 3.23. The highest BCUT2D eigenvalue weighted by molar-refractivity contribution is 7.20. The molecule has 0 fully saturated rings. The van der Waals surface area contributed by atoms with Crippen molar-refractivity contribution in [2.75, 3.05) is 11.9 Å². The Kier molecular flexibility index (Phi) is 6.26. The molecule has 0 aliphatic heterocycles. The van der Waals surface area contributed by atoms with Crippen LogP contribution in [0, 0.1) is 0 Å². The smallest absolute Gasteiger partial charge is 0.412 e. The lowest BCUT2D eigenvalue weighted by Crippen LogP contribution is -2.27. The fourth-order valence-electron chi connectivity index (χ4n) is 2.20. The van der Waals surface area contributed by atoms with Gasteiger partial charge in [0.15, 0.2) is 0 Å². The first-order valence-corrected chi connectivity index (χ1v) is 9.18. The molecule has 6 nitrogen and oxygen atoms in total. The summed E-state index contributed by atoms with van der Waals surface area (Å²) in [6.07, 6.45) is 0.250. The summed E-state index contributed by atoms with van der Waals surface area (Å²) >= 11 is 1.25. The fraction of sp³-hybridized carbons (Fsp3) is 0.368. The predicted octanol–water partition coefficient (Wildman–Crippen LogP) is 4.65. The van der Waals surface area contributed by atoms with Crippen molar-refractivity contribution in [3.63, 3.8) is 0 Å². The zero-order valence-electron chi connectivity index (χ0n) is 15.4. The quantitative estimate of drug-likeness (QED) is 0.768. The minimum atomic E-state index is -0.641. The van der Waals surface area contributed by atoms with Gasteiger partial charge in [0.05, 0.1) is 12.2 Å². The van der Waals surface area contributed by atoms with E-state index >= 15 is 0 Å². The summed E-state index contributed by atoms with van der Waals surface area (Å²) in [6.45, 7) is 7.92. The fourth-order valence-corrected chi connectivity index (χ4v) is 3.28. The number of hydrogen-bond acceptors (Lipinski definition) is 5. The van der Waals surface area contributed by atoms with Crippen LogP contribution in [0.4, 0.5) is 9.80 Å². The monoisotopic (exact) mass is 376 g/mol. The molecule has 0 spiro atoms. The van der Waals surface area contributed by atoms with Crippen LogP contribution in [0.15, 0.2) is 30.3 Å². The first-order chi connectivity index (χ1) is 12.2. The van der Waals surface area contributed by atoms with Gasteiger partial charge < -0.3 is 15.2 Å². The topological polar surface area (TPSA) is 90.6 Å². The summed E-state index contributed by atoms with van der Waals surface area (Å²) < 4.78 is 11.0. The van der Waals surface area contributed by atoms with Crippen LogP contribution in [0.3, 0.4) is 0 Å². The molecule has 0 aliphatic carbocycles. The van der Waals surface area contributed by atoms with E-state index in [2.05, 4.69) is 5.32 Å². The Balaban J connectivity index is 2.35. The Morgan fingerprint density at radius 2 is 1.92 bits per heavy atom. The van der Waals surface area contributed by atoms with Crippen LogP contribution >= 0.6 is 11.3 Å². The molecule has 0 aliphatic rings. The van der Waals surface area contributed by atoms with Gasteiger partial charge in [-0.05, 0) is 45.4 Å². The van der Waals surface area contributed by atoms with Crippen molar-refractivity contribution in [1.82, 2.24) is 0 Å². The standard InChI is InChI=1S/C19H24N2O4S/c1-5-10-24-14-9-7-6-8-12(14)15-11-13(16(20)22)17(26-15)21-18(23)25-19(2,3)4/h6-9,11H,5,10H2,1-4H3,(H2,20,22)(H,21,23). The van der Waals surface area contributed by atoms with Gasteiger partial charge in [0, 0.05) is 10.4 Å². The Labute approximate surface area is 157 Å². The first kappa shape index (κ1) is 19.8. The Morgan fingerprint density at radius 1 is 1.23 bits per heavy atom. The molecule has 140 valence electrons. The largest absolute Gasteiger partial charge is 0.493 e. The maximum Gasteiger partial charge on any atom is 0.412 e. The van der Waals surface area contributed by atoms with E-state index in [-0.39, 0.29) is 5.56 Å². The number of carbonyl (C=O) groups is 2. The molecule has 1 aromatic carbocycles. The molecule has 2 rings (SSSR count). The summed E-state index contributed by atoms with van der Waals surface area (Å²) in [7, 11) is 0. The van der Waals surface area contributed by atoms with Gasteiger partial charge >= 0.3 is 6.09 Å². The molecular formula is C19H24N2O4S. The van der Waals surface area contributed by atoms with Crippen LogP contribution in [0.1, 0.15) is 44.5 Å². The molecule has 1 aromatic heterocycles. The minimum absolute atomic E-state index is 0.237. The number of nitrogens with one attached hydrogen (secondary N) is 1. The summed E-state index contributed by atoms with van der Waals surface area (Å²) in [6, 6.07) is 9.21. The molecule has 0 bridgehead atoms. The lowest BCUT2D eigenvalue weighted by molar-refractivity contribution is 0.0636. The van der Waals surface area contributed by atoms with E-state index in [9.17, 15) is 9.59 Å². The Bertz CT molecular complexity index is 793. The normalized spacial score (nSPS) is 11.1. The lowest BCUT2D eigenvalue weighted by Gasteiger charge is -2.19. The molecule has 2 amide bonds. The van der Waals surface area contributed by atoms with Gasteiger partial charge in [-0.15, -0.1) is 11.3 Å². The Hall–Kier alpha value is -2.54. The number of amides is 2. The van der Waals surface area contributed by atoms with Crippen LogP contribution in [0.5, 0.6) is 5.75 Å². The average molecular weight is 376 g/mol. The van der Waals surface area contributed by atoms with Gasteiger partial charge in [-0.2, -0.15) is 0 Å². The van der Waals surface area contributed by atoms with Gasteiger partial charge in [-0.1, -0.05) is 19.1 Å². The highest BCUT2D eigenvalue weighted by atomic mass is 32.1. The third kappa shape index (κ3) is 5.23. The summed E-state index contributed by atoms with van der Waals surface area (Å²) in [4.78, 5) is 24.6. The second kappa shape index (κ2) is 8.23. The summed E-state index contributed by atoms with van der Waals surface area (Å²) in [5, 5.41) is 2.97. The van der Waals surface area contributed by atoms with Gasteiger partial charge in [0.2, 0.25) is 0 Å². The van der Waals surface area contributed by atoms with E-state index in [1.165, 1.54) is 11.3 Å². The third-order valence-corrected chi connectivity index (χ3v) is 4.31. The van der Waals surface area contributed by atoms with E-state index in [1.807, 2.05) is 31.2 Å². The van der Waals surface area contributed by atoms with E-state index in [1.54, 1.807) is 26.8 Å². The second-order valence-electron chi connectivity index (χ2n) is 6.69. The number of para-hydroxylation sites is 1. The zero-order valence-corrected chi connectivity index (χ0v) is 16.2. The SMILES string of the molecule is CCCOc1ccccc1-c1cc(C(N)=O)c(NC(=O)OC(C)(C)C)s1. The van der Waals surface area contributed by atoms with E-state index in [0.29, 0.717) is 11.6 Å². The molecule has 3 N–H and O–H groups in total. The molecule has 0 atom stereocenters. The van der Waals surface area contributed by atoms with E-state index in [0.717, 1.165) is 22.6 Å². The van der Waals surface area contributed by atoms with Gasteiger partial charge in [0.25, 0.3) is 5.91 Å². The highest BCUT2D eigenvalue weighted by Gasteiger charge is 2.21. The van der Waals surface area contributed by atoms with Crippen LogP contribution in [0.25, 0.3) is 10.4 Å². The number of carbonyl (C=O) groups excluding carboxylic acids is 2. The van der Waals surface area contributed by atoms with Crippen molar-refractivity contribution in [3.8, 4) is 16.2 Å². The molecule has 0 unspecified atom stereocenters. The van der Waals surface area contributed by atoms with Crippen molar-refractivity contribution in [3.05, 3.63) is 35.9 Å². The molecule has 7 heteroatoms. The van der Waals surface area contributed by atoms with Crippen LogP contribution in [-0.2, 0) is 4.74 Å². The number of hydrogen-bond donors (Lipinski definition) is 2. The summed E-state index contributed by atoms with van der Waals surface area (Å²) in [5.41, 5.74) is 5.91. The number of thiophene rings is 1. The number of benzene rings is 1. The van der Waals surface area contributed by atoms with Crippen molar-refractivity contribution in [2.45, 2.75) is 39.7 Å². The van der Waals surface area contributed by atoms with Crippen molar-refractivity contribution in [2.24, 2.45) is 5.73 Å². The minimum Gasteiger partial charge on any atom is -0.493 e. The number of rotatable bonds is 6. The number of ether oxygens (including phenoxy) is 2. The van der Waals surface area contributed by atoms with Crippen LogP contribution < -0.4 is 15.8 Å². The molecule has 0 saturated carbocycles. The van der Waals surface area contributed by atoms with Crippen LogP contribution in [0.2, 0.25) is 0 Å². The van der Waals surface area contributed by atoms with Gasteiger partial charge in [-0.25, -0.2) is 4.79 Å². The van der Waals surface area contributed by atoms with Gasteiger partial charge in [0.1, 0.15) is 16.4 Å². The molecule has 0 saturated heterocycles. The van der Waals surface area contributed by atoms with Crippen molar-refractivity contribution < 1.29 is 19.1 Å². The number of primary amides is 1. The lowest BCUT2D eigenvalue weighted by atomic mass is 10.1. The molecule has 26 heavy (non-hydrogen) atoms. The number of nitrogens with two attached hydrogens (primary N) is 1. The Morgan fingerprint density at radius 3 is 2.54 bits per heavy atom. The molecule has 1 heterocycles. The van der Waals surface area contributed by atoms with Gasteiger partial charge in [-0.3, -0.25) is 10.1 Å². The van der Waals surface area contributed by atoms with Crippen molar-refractivity contribution in [1.29, 1.82) is 0 Å². The van der Waals surface area contributed by atoms with E-state index < -0.39 is 17.6 Å². The molecule has 2 aromatic rings. The molecule has 0 radical (unpaired) electrons. The number of anilines is 1. The molecular weight excluding hydrogens is 352 g/mol. The average Bonchev–Trinajstić information content (AvgIpc) is 2.95. The highest BCUT2D eigenvalue weighted by Crippen LogP contribution is 2.39. The van der Waals surface area contributed by atoms with Crippen LogP contribution in [-0.4, -0.2) is 24.2 Å². The van der Waals surface area contributed by atoms with Crippen molar-refractivity contribution >= 4 is 28.3 Å². The summed E-state index contributed by atoms with van der Waals surface area (Å²) in [5.74, 6) is 0.0981. The zero-order chi connectivity index (χ0) is 19.3.